The van der Waals surface area contributed by atoms with E-state index in [0.29, 0.717) is 37.1 Å². The van der Waals surface area contributed by atoms with Gasteiger partial charge in [0, 0.05) is 124 Å². The number of rotatable bonds is 24. The fourth-order valence-electron chi connectivity index (χ4n) is 14.7. The molecule has 11 rings (SSSR count). The van der Waals surface area contributed by atoms with E-state index in [0.717, 1.165) is 102 Å². The van der Waals surface area contributed by atoms with Crippen LogP contribution >= 0.6 is 34.7 Å². The van der Waals surface area contributed by atoms with Gasteiger partial charge in [-0.15, -0.1) is 23.1 Å². The fourth-order valence-corrected chi connectivity index (χ4v) is 18.6. The largest absolute Gasteiger partial charge is 0.501 e. The molecule has 20 nitrogen and oxygen atoms in total. The lowest BCUT2D eigenvalue weighted by molar-refractivity contribution is -0.144. The van der Waals surface area contributed by atoms with Gasteiger partial charge in [-0.05, 0) is 152 Å². The van der Waals surface area contributed by atoms with Gasteiger partial charge >= 0.3 is 5.51 Å². The summed E-state index contributed by atoms with van der Waals surface area (Å²) in [5, 5.41) is 20.3. The number of anilines is 2. The molecule has 104 heavy (non-hydrogen) atoms. The minimum Gasteiger partial charge on any atom is -0.391 e. The highest BCUT2D eigenvalue weighted by molar-refractivity contribution is 7.99. The average molecular weight is 1530 g/mol. The summed E-state index contributed by atoms with van der Waals surface area (Å²) in [6, 6.07) is 29.3. The number of hydrogen-bond donors (Lipinski definition) is 5. The highest BCUT2D eigenvalue weighted by atomic mass is 35.5. The zero-order valence-electron chi connectivity index (χ0n) is 59.6. The predicted octanol–water partition coefficient (Wildman–Crippen LogP) is 11.5. The molecule has 5 aromatic carbocycles. The van der Waals surface area contributed by atoms with E-state index in [1.165, 1.54) is 50.8 Å². The van der Waals surface area contributed by atoms with Crippen molar-refractivity contribution in [1.29, 1.82) is 0 Å². The first-order valence-corrected chi connectivity index (χ1v) is 40.6. The zero-order chi connectivity index (χ0) is 74.6. The molecule has 4 aliphatic heterocycles. The maximum atomic E-state index is 14.7. The van der Waals surface area contributed by atoms with Crippen molar-refractivity contribution in [2.24, 2.45) is 10.8 Å². The molecule has 558 valence electrons. The van der Waals surface area contributed by atoms with Crippen molar-refractivity contribution in [1.82, 2.24) is 39.9 Å². The number of amides is 5. The van der Waals surface area contributed by atoms with Crippen molar-refractivity contribution in [2.75, 3.05) is 81.4 Å². The van der Waals surface area contributed by atoms with Gasteiger partial charge in [-0.25, -0.2) is 26.5 Å². The molecule has 0 saturated carbocycles. The number of halogens is 4. The number of sulfonamides is 1. The summed E-state index contributed by atoms with van der Waals surface area (Å²) in [6.45, 7) is 18.5. The summed E-state index contributed by atoms with van der Waals surface area (Å²) in [6.07, 6.45) is 3.36. The highest BCUT2D eigenvalue weighted by Gasteiger charge is 2.49. The number of aliphatic hydroxyl groups excluding tert-OH is 1. The Bertz CT molecular complexity index is 4400. The molecular weight excluding hydrogens is 1430 g/mol. The number of carbonyl (C=O) groups excluding carboxylic acids is 5. The van der Waals surface area contributed by atoms with Crippen LogP contribution in [0.1, 0.15) is 132 Å². The molecule has 6 aromatic rings. The SMILES string of the molecule is Cc1ncsc1-c1ccc([C@H](C)NC(=O)[C@@H]2C[C@@H](O)CN2C(=O)[C@@H](NC(=O)CCC(=O)N2CCN(CC[C@H](CSc3ccccc3)Nc3ccc(S(=O)(=O)NC(=O)c4ccc5c(c4)CCC4CN(CC6=C(c7ccc(Cl)cc7)CCC(C)(C)C6)CCN54)cc3S(=O)(=O)C(F)(F)F)CC2)C(C)(C)C)cc1. The third-order valence-electron chi connectivity index (χ3n) is 20.5. The molecule has 6 atom stereocenters. The zero-order valence-corrected chi connectivity index (χ0v) is 63.6. The lowest BCUT2D eigenvalue weighted by atomic mass is 9.72. The molecule has 0 radical (unpaired) electrons. The molecule has 3 fully saturated rings. The van der Waals surface area contributed by atoms with Crippen LogP contribution in [0.15, 0.2) is 141 Å². The summed E-state index contributed by atoms with van der Waals surface area (Å²) in [4.78, 5) is 83.3. The Labute approximate surface area is 620 Å². The number of nitrogens with one attached hydrogen (secondary N) is 4. The van der Waals surface area contributed by atoms with Crippen LogP contribution in [0, 0.1) is 17.8 Å². The quantitative estimate of drug-likeness (QED) is 0.0353. The molecule has 5 heterocycles. The van der Waals surface area contributed by atoms with Gasteiger partial charge in [0.2, 0.25) is 23.6 Å². The number of aryl methyl sites for hydroxylation is 2. The van der Waals surface area contributed by atoms with Crippen LogP contribution in [-0.2, 0) is 45.5 Å². The fraction of sp³-hybridized carbons (Fsp3) is 0.474. The van der Waals surface area contributed by atoms with Gasteiger partial charge in [-0.1, -0.05) is 106 Å². The molecule has 1 aliphatic carbocycles. The number of thiazole rings is 1. The Hall–Kier alpha value is -7.37. The van der Waals surface area contributed by atoms with Crippen molar-refractivity contribution >= 4 is 101 Å². The number of alkyl halides is 3. The number of benzene rings is 5. The Morgan fingerprint density at radius 1 is 0.817 bits per heavy atom. The average Bonchev–Trinajstić information content (AvgIpc) is 0.975. The van der Waals surface area contributed by atoms with E-state index in [2.05, 4.69) is 56.7 Å². The van der Waals surface area contributed by atoms with E-state index < -0.39 is 100 Å². The van der Waals surface area contributed by atoms with Crippen molar-refractivity contribution in [3.63, 3.8) is 0 Å². The summed E-state index contributed by atoms with van der Waals surface area (Å²) in [5.74, 6) is -2.66. The molecule has 5 N–H and O–H groups in total. The van der Waals surface area contributed by atoms with E-state index in [4.69, 9.17) is 11.6 Å². The number of piperazine rings is 2. The number of allylic oxidation sites excluding steroid dienone is 1. The molecule has 1 unspecified atom stereocenters. The molecule has 5 aliphatic rings. The normalized spacial score (nSPS) is 19.9. The number of nitrogens with zero attached hydrogens (tertiary/aromatic N) is 6. The molecule has 3 saturated heterocycles. The van der Waals surface area contributed by atoms with Gasteiger partial charge < -0.3 is 35.8 Å². The van der Waals surface area contributed by atoms with Crippen molar-refractivity contribution < 1.29 is 59.1 Å². The molecule has 5 amide bonds. The van der Waals surface area contributed by atoms with Crippen LogP contribution < -0.4 is 25.6 Å². The van der Waals surface area contributed by atoms with Crippen LogP contribution in [0.25, 0.3) is 16.0 Å². The van der Waals surface area contributed by atoms with E-state index in [1.54, 1.807) is 43.3 Å². The molecule has 28 heteroatoms. The third-order valence-corrected chi connectivity index (χ3v) is 25.8. The second kappa shape index (κ2) is 32.4. The summed E-state index contributed by atoms with van der Waals surface area (Å²) in [7, 11) is -11.2. The maximum absolute atomic E-state index is 14.7. The lowest BCUT2D eigenvalue weighted by Crippen LogP contribution is -2.58. The lowest BCUT2D eigenvalue weighted by Gasteiger charge is -2.47. The van der Waals surface area contributed by atoms with E-state index in [-0.39, 0.29) is 74.0 Å². The topological polar surface area (TPSA) is 251 Å². The van der Waals surface area contributed by atoms with E-state index in [9.17, 15) is 59.1 Å². The monoisotopic (exact) mass is 1520 g/mol. The second-order valence-electron chi connectivity index (χ2n) is 29.8. The van der Waals surface area contributed by atoms with Gasteiger partial charge in [0.15, 0.2) is 0 Å². The van der Waals surface area contributed by atoms with Crippen molar-refractivity contribution in [3.8, 4) is 10.4 Å². The van der Waals surface area contributed by atoms with Crippen LogP contribution in [0.3, 0.4) is 0 Å². The minimum absolute atomic E-state index is 0.00440. The minimum atomic E-state index is -6.21. The van der Waals surface area contributed by atoms with E-state index in [1.807, 2.05) is 90.2 Å². The van der Waals surface area contributed by atoms with Crippen LogP contribution in [0.5, 0.6) is 0 Å². The first-order chi connectivity index (χ1) is 49.2. The Balaban J connectivity index is 0.689. The number of thioether (sulfide) groups is 1. The smallest absolute Gasteiger partial charge is 0.391 e. The van der Waals surface area contributed by atoms with Crippen molar-refractivity contribution in [2.45, 2.75) is 163 Å². The maximum Gasteiger partial charge on any atom is 0.501 e. The highest BCUT2D eigenvalue weighted by Crippen LogP contribution is 2.44. The Morgan fingerprint density at radius 3 is 2.20 bits per heavy atom. The number of hydrogen-bond acceptors (Lipinski definition) is 17. The number of β-amino-alcohol motifs (C(OH)–C–C–N with tert-alkyl or cyclic N) is 1. The summed E-state index contributed by atoms with van der Waals surface area (Å²) < 4.78 is 101. The number of aromatic nitrogens is 1. The molecule has 1 aromatic heterocycles. The number of aliphatic hydroxyl groups is 1. The Kier molecular flexibility index (Phi) is 24.2. The van der Waals surface area contributed by atoms with Crippen molar-refractivity contribution in [3.05, 3.63) is 159 Å². The standard InChI is InChI=1S/C76H92ClF3N10O10S4/c1-48(50-13-15-52(16-14-50)69-49(2)81-47-102-69)82-72(95)65-40-59(91)45-90(65)73(96)70(74(3,4)5)84-67(92)27-28-68(93)88-36-33-86(34-37-88)32-30-57(46-101-60-11-9-8-10-12-60)83-63-25-24-61(41-66(63)103(97,98)76(78,79)80)104(99,100)85-71(94)54-20-26-64-53(39-54)19-23-58-44-87(35-38-89(58)64)43-55-42-75(6,7)31-29-62(55)51-17-21-56(77)22-18-51/h8-18,20-22,24-26,39,41,47-48,57-59,65,70,83,91H,19,23,27-38,40,42-46H2,1-7H3,(H,82,95)(H,84,92)(H,85,94)/t48-,57+,58?,59+,65-,70+/m0/s1. The first-order valence-electron chi connectivity index (χ1n) is 35.3. The van der Waals surface area contributed by atoms with Crippen LogP contribution in [-0.4, -0.2) is 183 Å². The van der Waals surface area contributed by atoms with Crippen LogP contribution in [0.2, 0.25) is 5.02 Å². The van der Waals surface area contributed by atoms with E-state index >= 15 is 0 Å². The number of fused-ring (bicyclic) bond motifs is 3. The van der Waals surface area contributed by atoms with Gasteiger partial charge in [-0.2, -0.15) is 13.2 Å². The molecular formula is C76H92ClF3N10O10S4. The number of sulfone groups is 1. The second-order valence-corrected chi connectivity index (χ2v) is 35.8. The van der Waals surface area contributed by atoms with Gasteiger partial charge in [-0.3, -0.25) is 33.8 Å². The van der Waals surface area contributed by atoms with Crippen LogP contribution in [0.4, 0.5) is 24.5 Å². The molecule has 0 bridgehead atoms. The number of likely N-dealkylation sites (tertiary alicyclic amines) is 1. The summed E-state index contributed by atoms with van der Waals surface area (Å²) in [5.41, 5.74) is 3.37. The predicted molar refractivity (Wildman–Crippen MR) is 400 cm³/mol. The first kappa shape index (κ1) is 77.7. The summed E-state index contributed by atoms with van der Waals surface area (Å²) >= 11 is 9.17. The van der Waals surface area contributed by atoms with Gasteiger partial charge in [0.25, 0.3) is 25.8 Å². The molecule has 0 spiro atoms. The van der Waals surface area contributed by atoms with Gasteiger partial charge in [0.1, 0.15) is 17.0 Å². The third kappa shape index (κ3) is 18.7. The Morgan fingerprint density at radius 2 is 1.52 bits per heavy atom. The van der Waals surface area contributed by atoms with Gasteiger partial charge in [0.05, 0.1) is 38.8 Å². The number of carbonyl (C=O) groups is 5.